The van der Waals surface area contributed by atoms with Gasteiger partial charge in [0.2, 0.25) is 0 Å². The molecule has 0 radical (unpaired) electrons. The molecule has 6 nitrogen and oxygen atoms in total. The molecule has 6 heteroatoms. The SMILES string of the molecule is CC/C=C\C/C=C\C/C=C\C/C=C\C/C=C\C/C=C\C/C=C\CCCCCCCCCCCC(=O)OCC(COC(=O)CCCCCCCCCCC)OC(=O)CCCCCCCCCCCCCCCCC. The summed E-state index contributed by atoms with van der Waals surface area (Å²) in [6, 6.07) is 0. The summed E-state index contributed by atoms with van der Waals surface area (Å²) in [5, 5.41) is 0. The van der Waals surface area contributed by atoms with Crippen molar-refractivity contribution >= 4 is 17.9 Å². The normalized spacial score (nSPS) is 12.6. The van der Waals surface area contributed by atoms with Gasteiger partial charge in [0.15, 0.2) is 6.10 Å². The summed E-state index contributed by atoms with van der Waals surface area (Å²) >= 11 is 0. The predicted octanol–water partition coefficient (Wildman–Crippen LogP) is 21.1. The highest BCUT2D eigenvalue weighted by molar-refractivity contribution is 5.71. The van der Waals surface area contributed by atoms with Gasteiger partial charge in [0, 0.05) is 19.3 Å². The number of carbonyl (C=O) groups is 3. The van der Waals surface area contributed by atoms with Gasteiger partial charge >= 0.3 is 17.9 Å². The molecular formula is C67H116O6. The van der Waals surface area contributed by atoms with Crippen LogP contribution in [0.15, 0.2) is 85.1 Å². The fraction of sp³-hybridized carbons (Fsp3) is 0.746. The summed E-state index contributed by atoms with van der Waals surface area (Å²) in [5.74, 6) is -0.871. The van der Waals surface area contributed by atoms with Gasteiger partial charge < -0.3 is 14.2 Å². The lowest BCUT2D eigenvalue weighted by atomic mass is 10.0. The van der Waals surface area contributed by atoms with E-state index in [1.54, 1.807) is 0 Å². The number of hydrogen-bond donors (Lipinski definition) is 0. The second-order valence-corrected chi connectivity index (χ2v) is 20.6. The lowest BCUT2D eigenvalue weighted by Crippen LogP contribution is -2.30. The molecule has 0 aromatic carbocycles. The molecule has 0 amide bonds. The van der Waals surface area contributed by atoms with Crippen molar-refractivity contribution < 1.29 is 28.6 Å². The van der Waals surface area contributed by atoms with Gasteiger partial charge in [-0.2, -0.15) is 0 Å². The van der Waals surface area contributed by atoms with E-state index in [9.17, 15) is 14.4 Å². The van der Waals surface area contributed by atoms with Crippen LogP contribution < -0.4 is 0 Å². The summed E-state index contributed by atoms with van der Waals surface area (Å²) < 4.78 is 16.9. The number of unbranched alkanes of at least 4 members (excludes halogenated alkanes) is 31. The third-order valence-electron chi connectivity index (χ3n) is 13.4. The number of ether oxygens (including phenoxy) is 3. The van der Waals surface area contributed by atoms with Crippen LogP contribution in [0.5, 0.6) is 0 Å². The Kier molecular flexibility index (Phi) is 58.3. The number of allylic oxidation sites excluding steroid dienone is 14. The highest BCUT2D eigenvalue weighted by Gasteiger charge is 2.19. The highest BCUT2D eigenvalue weighted by atomic mass is 16.6. The van der Waals surface area contributed by atoms with Crippen LogP contribution in [-0.4, -0.2) is 37.2 Å². The Bertz CT molecular complexity index is 1400. The minimum atomic E-state index is -0.774. The lowest BCUT2D eigenvalue weighted by molar-refractivity contribution is -0.167. The molecule has 0 rings (SSSR count). The van der Waals surface area contributed by atoms with Gasteiger partial charge in [-0.25, -0.2) is 0 Å². The standard InChI is InChI=1S/C67H116O6/c1-4-7-10-13-16-19-21-23-25-26-27-28-29-30-31-32-33-34-35-36-37-38-39-40-42-43-45-48-51-54-57-60-66(69)72-63-64(62-71-65(68)59-56-53-50-47-18-15-12-9-6-3)73-67(70)61-58-55-52-49-46-44-41-24-22-20-17-14-11-8-5-2/h7,10,16,19,23,25,27-28,30-31,33-34,36-37,64H,4-6,8-9,11-15,17-18,20-22,24,26,29,32,35,38-63H2,1-3H3/b10-7-,19-16-,25-23-,28-27-,31-30-,34-33-,37-36-. The van der Waals surface area contributed by atoms with Crippen molar-refractivity contribution in [2.45, 2.75) is 309 Å². The molecule has 0 saturated heterocycles. The highest BCUT2D eigenvalue weighted by Crippen LogP contribution is 2.16. The van der Waals surface area contributed by atoms with Crippen molar-refractivity contribution in [1.29, 1.82) is 0 Å². The molecule has 1 unspecified atom stereocenters. The van der Waals surface area contributed by atoms with Gasteiger partial charge in [0.1, 0.15) is 13.2 Å². The minimum absolute atomic E-state index is 0.0735. The van der Waals surface area contributed by atoms with E-state index in [0.29, 0.717) is 19.3 Å². The van der Waals surface area contributed by atoms with Crippen molar-refractivity contribution in [2.24, 2.45) is 0 Å². The number of esters is 3. The first-order valence-corrected chi connectivity index (χ1v) is 31.1. The molecule has 0 N–H and O–H groups in total. The van der Waals surface area contributed by atoms with Gasteiger partial charge in [-0.3, -0.25) is 14.4 Å². The fourth-order valence-corrected chi connectivity index (χ4v) is 8.78. The molecule has 0 aliphatic carbocycles. The quantitative estimate of drug-likeness (QED) is 0.0261. The van der Waals surface area contributed by atoms with Crippen molar-refractivity contribution in [2.75, 3.05) is 13.2 Å². The molecule has 0 aromatic rings. The first-order valence-electron chi connectivity index (χ1n) is 31.1. The van der Waals surface area contributed by atoms with Crippen LogP contribution in [0, 0.1) is 0 Å². The summed E-state index contributed by atoms with van der Waals surface area (Å²) in [6.45, 7) is 6.53. The molecule has 0 aliphatic heterocycles. The Labute approximate surface area is 452 Å². The Morgan fingerprint density at radius 3 is 0.836 bits per heavy atom. The summed E-state index contributed by atoms with van der Waals surface area (Å²) in [5.41, 5.74) is 0. The molecule has 0 spiro atoms. The maximum Gasteiger partial charge on any atom is 0.306 e. The van der Waals surface area contributed by atoms with Crippen LogP contribution in [0.25, 0.3) is 0 Å². The Hall–Kier alpha value is -3.41. The molecule has 73 heavy (non-hydrogen) atoms. The minimum Gasteiger partial charge on any atom is -0.462 e. The monoisotopic (exact) mass is 1020 g/mol. The van der Waals surface area contributed by atoms with E-state index >= 15 is 0 Å². The van der Waals surface area contributed by atoms with Gasteiger partial charge in [-0.1, -0.05) is 292 Å². The molecule has 0 fully saturated rings. The first kappa shape index (κ1) is 69.6. The van der Waals surface area contributed by atoms with E-state index in [0.717, 1.165) is 109 Å². The third-order valence-corrected chi connectivity index (χ3v) is 13.4. The van der Waals surface area contributed by atoms with E-state index in [2.05, 4.69) is 106 Å². The maximum atomic E-state index is 12.8. The summed E-state index contributed by atoms with van der Waals surface area (Å²) in [7, 11) is 0. The van der Waals surface area contributed by atoms with Gasteiger partial charge in [-0.15, -0.1) is 0 Å². The lowest BCUT2D eigenvalue weighted by Gasteiger charge is -2.18. The van der Waals surface area contributed by atoms with Crippen LogP contribution in [0.1, 0.15) is 303 Å². The van der Waals surface area contributed by atoms with Crippen LogP contribution in [0.2, 0.25) is 0 Å². The van der Waals surface area contributed by atoms with Crippen LogP contribution >= 0.6 is 0 Å². The zero-order chi connectivity index (χ0) is 52.9. The van der Waals surface area contributed by atoms with Gasteiger partial charge in [0.25, 0.3) is 0 Å². The summed E-state index contributed by atoms with van der Waals surface area (Å²) in [4.78, 5) is 38.1. The van der Waals surface area contributed by atoms with Gasteiger partial charge in [-0.05, 0) is 77.0 Å². The molecule has 1 atom stereocenters. The zero-order valence-electron chi connectivity index (χ0n) is 48.1. The van der Waals surface area contributed by atoms with Crippen LogP contribution in [0.3, 0.4) is 0 Å². The predicted molar refractivity (Wildman–Crippen MR) is 316 cm³/mol. The van der Waals surface area contributed by atoms with Crippen LogP contribution in [-0.2, 0) is 28.6 Å². The molecular weight excluding hydrogens is 901 g/mol. The molecule has 0 heterocycles. The zero-order valence-corrected chi connectivity index (χ0v) is 48.1. The second-order valence-electron chi connectivity index (χ2n) is 20.6. The van der Waals surface area contributed by atoms with Crippen molar-refractivity contribution in [1.82, 2.24) is 0 Å². The van der Waals surface area contributed by atoms with Crippen molar-refractivity contribution in [3.8, 4) is 0 Å². The molecule has 420 valence electrons. The maximum absolute atomic E-state index is 12.8. The molecule has 0 aromatic heterocycles. The first-order chi connectivity index (χ1) is 36.0. The number of carbonyl (C=O) groups excluding carboxylic acids is 3. The Morgan fingerprint density at radius 2 is 0.534 bits per heavy atom. The average Bonchev–Trinajstić information content (AvgIpc) is 3.39. The van der Waals surface area contributed by atoms with E-state index in [1.165, 1.54) is 154 Å². The smallest absolute Gasteiger partial charge is 0.306 e. The van der Waals surface area contributed by atoms with Crippen molar-refractivity contribution in [3.05, 3.63) is 85.1 Å². The Balaban J connectivity index is 4.17. The van der Waals surface area contributed by atoms with E-state index in [1.807, 2.05) is 0 Å². The van der Waals surface area contributed by atoms with E-state index in [4.69, 9.17) is 14.2 Å². The van der Waals surface area contributed by atoms with Gasteiger partial charge in [0.05, 0.1) is 0 Å². The molecule has 0 bridgehead atoms. The molecule has 0 saturated carbocycles. The average molecular weight is 1020 g/mol. The van der Waals surface area contributed by atoms with Crippen molar-refractivity contribution in [3.63, 3.8) is 0 Å². The number of rotatable bonds is 56. The van der Waals surface area contributed by atoms with E-state index < -0.39 is 6.10 Å². The second kappa shape index (κ2) is 61.1. The number of hydrogen-bond acceptors (Lipinski definition) is 6. The molecule has 0 aliphatic rings. The largest absolute Gasteiger partial charge is 0.462 e. The van der Waals surface area contributed by atoms with Crippen LogP contribution in [0.4, 0.5) is 0 Å². The Morgan fingerprint density at radius 1 is 0.288 bits per heavy atom. The fourth-order valence-electron chi connectivity index (χ4n) is 8.78. The topological polar surface area (TPSA) is 78.9 Å². The third kappa shape index (κ3) is 59.3. The summed E-state index contributed by atoms with van der Waals surface area (Å²) in [6.07, 6.45) is 80.2. The van der Waals surface area contributed by atoms with E-state index in [-0.39, 0.29) is 31.1 Å².